The number of aryl methyl sites for hydroxylation is 1. The second-order valence-electron chi connectivity index (χ2n) is 6.47. The lowest BCUT2D eigenvalue weighted by molar-refractivity contribution is -0.127. The van der Waals surface area contributed by atoms with Gasteiger partial charge < -0.3 is 10.2 Å². The maximum atomic E-state index is 11.6. The van der Waals surface area contributed by atoms with E-state index in [-0.39, 0.29) is 0 Å². The first-order chi connectivity index (χ1) is 12.3. The van der Waals surface area contributed by atoms with E-state index in [0.717, 1.165) is 62.4 Å². The van der Waals surface area contributed by atoms with Crippen molar-refractivity contribution >= 4 is 5.91 Å². The van der Waals surface area contributed by atoms with Gasteiger partial charge in [-0.15, -0.1) is 0 Å². The Morgan fingerprint density at radius 3 is 2.72 bits per heavy atom. The lowest BCUT2D eigenvalue weighted by Crippen LogP contribution is -2.28. The van der Waals surface area contributed by atoms with Crippen LogP contribution in [0.25, 0.3) is 11.3 Å². The molecule has 0 aliphatic carbocycles. The number of benzene rings is 1. The molecule has 1 saturated heterocycles. The third-order valence-corrected chi connectivity index (χ3v) is 4.44. The minimum atomic E-state index is 0.300. The van der Waals surface area contributed by atoms with Crippen LogP contribution in [0.2, 0.25) is 0 Å². The number of rotatable bonds is 9. The van der Waals surface area contributed by atoms with E-state index in [2.05, 4.69) is 34.6 Å². The van der Waals surface area contributed by atoms with Crippen LogP contribution in [0.1, 0.15) is 38.3 Å². The van der Waals surface area contributed by atoms with Gasteiger partial charge in [-0.25, -0.2) is 0 Å². The normalized spacial score (nSPS) is 14.4. The predicted molar refractivity (Wildman–Crippen MR) is 97.9 cm³/mol. The second kappa shape index (κ2) is 8.76. The van der Waals surface area contributed by atoms with Crippen molar-refractivity contribution in [3.8, 4) is 11.3 Å². The van der Waals surface area contributed by atoms with Crippen LogP contribution >= 0.6 is 0 Å². The number of nitrogens with one attached hydrogen (secondary N) is 1. The molecular weight excluding hydrogens is 314 g/mol. The number of amides is 1. The molecule has 1 aliphatic heterocycles. The van der Waals surface area contributed by atoms with Crippen molar-refractivity contribution in [3.05, 3.63) is 36.0 Å². The smallest absolute Gasteiger partial charge is 0.222 e. The zero-order chi connectivity index (χ0) is 17.5. The van der Waals surface area contributed by atoms with Gasteiger partial charge in [-0.3, -0.25) is 4.79 Å². The standard InChI is InChI=1S/C19H27N5O/c1-2-12-24-21-17(19(22-24)16-8-4-3-5-9-16)15-20-11-7-14-23-13-6-10-18(23)25/h3-5,8-9,20H,2,6-7,10-15H2,1H3. The summed E-state index contributed by atoms with van der Waals surface area (Å²) >= 11 is 0. The zero-order valence-electron chi connectivity index (χ0n) is 14.9. The summed E-state index contributed by atoms with van der Waals surface area (Å²) in [6, 6.07) is 10.2. The Balaban J connectivity index is 1.55. The number of carbonyl (C=O) groups is 1. The summed E-state index contributed by atoms with van der Waals surface area (Å²) in [6.07, 6.45) is 3.71. The average molecular weight is 341 g/mol. The second-order valence-corrected chi connectivity index (χ2v) is 6.47. The van der Waals surface area contributed by atoms with E-state index in [0.29, 0.717) is 18.9 Å². The molecule has 3 rings (SSSR count). The van der Waals surface area contributed by atoms with Gasteiger partial charge >= 0.3 is 0 Å². The van der Waals surface area contributed by atoms with Crippen LogP contribution in [0.3, 0.4) is 0 Å². The number of likely N-dealkylation sites (tertiary alicyclic amines) is 1. The largest absolute Gasteiger partial charge is 0.343 e. The topological polar surface area (TPSA) is 63.1 Å². The lowest BCUT2D eigenvalue weighted by Gasteiger charge is -2.15. The summed E-state index contributed by atoms with van der Waals surface area (Å²) in [5.41, 5.74) is 3.04. The molecule has 0 unspecified atom stereocenters. The highest BCUT2D eigenvalue weighted by molar-refractivity contribution is 5.78. The molecule has 1 N–H and O–H groups in total. The van der Waals surface area contributed by atoms with E-state index in [1.165, 1.54) is 0 Å². The van der Waals surface area contributed by atoms with Crippen LogP contribution in [0.4, 0.5) is 0 Å². The van der Waals surface area contributed by atoms with Gasteiger partial charge in [0.05, 0.1) is 6.54 Å². The first-order valence-corrected chi connectivity index (χ1v) is 9.26. The molecule has 1 aromatic heterocycles. The first-order valence-electron chi connectivity index (χ1n) is 9.26. The number of nitrogens with zero attached hydrogens (tertiary/aromatic N) is 4. The maximum absolute atomic E-state index is 11.6. The third-order valence-electron chi connectivity index (χ3n) is 4.44. The van der Waals surface area contributed by atoms with Crippen LogP contribution in [0.5, 0.6) is 0 Å². The Hall–Kier alpha value is -2.21. The van der Waals surface area contributed by atoms with Gasteiger partial charge in [0.15, 0.2) is 0 Å². The molecular formula is C19H27N5O. The quantitative estimate of drug-likeness (QED) is 0.712. The Morgan fingerprint density at radius 1 is 1.16 bits per heavy atom. The fourth-order valence-corrected chi connectivity index (χ4v) is 3.16. The highest BCUT2D eigenvalue weighted by atomic mass is 16.2. The number of hydrogen-bond acceptors (Lipinski definition) is 4. The fraction of sp³-hybridized carbons (Fsp3) is 0.526. The monoisotopic (exact) mass is 341 g/mol. The highest BCUT2D eigenvalue weighted by Crippen LogP contribution is 2.20. The van der Waals surface area contributed by atoms with Crippen molar-refractivity contribution in [1.29, 1.82) is 0 Å². The summed E-state index contributed by atoms with van der Waals surface area (Å²) in [7, 11) is 0. The minimum absolute atomic E-state index is 0.300. The molecule has 1 fully saturated rings. The Labute approximate surface area is 149 Å². The maximum Gasteiger partial charge on any atom is 0.222 e. The number of hydrogen-bond donors (Lipinski definition) is 1. The average Bonchev–Trinajstić information content (AvgIpc) is 3.22. The molecule has 2 aromatic rings. The van der Waals surface area contributed by atoms with Crippen molar-refractivity contribution in [1.82, 2.24) is 25.2 Å². The van der Waals surface area contributed by atoms with Crippen molar-refractivity contribution in [2.45, 2.75) is 45.7 Å². The molecule has 134 valence electrons. The highest BCUT2D eigenvalue weighted by Gasteiger charge is 2.19. The molecule has 0 spiro atoms. The summed E-state index contributed by atoms with van der Waals surface area (Å²) in [6.45, 7) is 6.29. The third kappa shape index (κ3) is 4.66. The molecule has 6 nitrogen and oxygen atoms in total. The van der Waals surface area contributed by atoms with Crippen molar-refractivity contribution in [3.63, 3.8) is 0 Å². The molecule has 0 radical (unpaired) electrons. The molecule has 1 amide bonds. The summed E-state index contributed by atoms with van der Waals surface area (Å²) in [5.74, 6) is 0.300. The molecule has 6 heteroatoms. The van der Waals surface area contributed by atoms with E-state index < -0.39 is 0 Å². The van der Waals surface area contributed by atoms with E-state index in [1.54, 1.807) is 4.80 Å². The summed E-state index contributed by atoms with van der Waals surface area (Å²) < 4.78 is 0. The summed E-state index contributed by atoms with van der Waals surface area (Å²) in [5, 5.41) is 12.7. The van der Waals surface area contributed by atoms with Crippen LogP contribution in [-0.4, -0.2) is 45.4 Å². The Kier molecular flexibility index (Phi) is 6.17. The van der Waals surface area contributed by atoms with Crippen molar-refractivity contribution in [2.75, 3.05) is 19.6 Å². The zero-order valence-corrected chi connectivity index (χ0v) is 14.9. The molecule has 1 aromatic carbocycles. The fourth-order valence-electron chi connectivity index (χ4n) is 3.16. The van der Waals surface area contributed by atoms with Gasteiger partial charge in [0.25, 0.3) is 0 Å². The lowest BCUT2D eigenvalue weighted by atomic mass is 10.1. The van der Waals surface area contributed by atoms with E-state index >= 15 is 0 Å². The van der Waals surface area contributed by atoms with E-state index in [9.17, 15) is 4.79 Å². The van der Waals surface area contributed by atoms with Gasteiger partial charge in [0.1, 0.15) is 11.4 Å². The Morgan fingerprint density at radius 2 is 2.00 bits per heavy atom. The van der Waals surface area contributed by atoms with Crippen molar-refractivity contribution in [2.24, 2.45) is 0 Å². The van der Waals surface area contributed by atoms with Gasteiger partial charge in [-0.05, 0) is 25.8 Å². The molecule has 1 aliphatic rings. The molecule has 25 heavy (non-hydrogen) atoms. The number of aromatic nitrogens is 3. The molecule has 0 saturated carbocycles. The predicted octanol–water partition coefficient (Wildman–Crippen LogP) is 2.46. The van der Waals surface area contributed by atoms with Crippen LogP contribution < -0.4 is 5.32 Å². The first kappa shape index (κ1) is 17.6. The summed E-state index contributed by atoms with van der Waals surface area (Å²) in [4.78, 5) is 15.4. The SMILES string of the molecule is CCCn1nc(CNCCCN2CCCC2=O)c(-c2ccccc2)n1. The number of carbonyl (C=O) groups excluding carboxylic acids is 1. The molecule has 0 bridgehead atoms. The minimum Gasteiger partial charge on any atom is -0.343 e. The van der Waals surface area contributed by atoms with Gasteiger partial charge in [-0.2, -0.15) is 15.0 Å². The van der Waals surface area contributed by atoms with Gasteiger partial charge in [0, 0.05) is 31.6 Å². The Bertz CT molecular complexity index is 682. The van der Waals surface area contributed by atoms with Gasteiger partial charge in [-0.1, -0.05) is 37.3 Å². The van der Waals surface area contributed by atoms with Crippen LogP contribution in [0, 0.1) is 0 Å². The van der Waals surface area contributed by atoms with Crippen molar-refractivity contribution < 1.29 is 4.79 Å². The molecule has 0 atom stereocenters. The van der Waals surface area contributed by atoms with Gasteiger partial charge in [0.2, 0.25) is 5.91 Å². The van der Waals surface area contributed by atoms with E-state index in [1.807, 2.05) is 23.1 Å². The van der Waals surface area contributed by atoms with Crippen LogP contribution in [0.15, 0.2) is 30.3 Å². The van der Waals surface area contributed by atoms with Crippen LogP contribution in [-0.2, 0) is 17.9 Å². The molecule has 2 heterocycles. The van der Waals surface area contributed by atoms with E-state index in [4.69, 9.17) is 0 Å².